The zero-order chi connectivity index (χ0) is 14.8. The van der Waals surface area contributed by atoms with Gasteiger partial charge >= 0.3 is 0 Å². The molecule has 0 atom stereocenters. The first-order chi connectivity index (χ1) is 10.2. The second-order valence-corrected chi connectivity index (χ2v) is 5.92. The predicted octanol–water partition coefficient (Wildman–Crippen LogP) is 3.33. The van der Waals surface area contributed by atoms with Crippen LogP contribution in [0.2, 0.25) is 0 Å². The van der Waals surface area contributed by atoms with Crippen LogP contribution in [0.15, 0.2) is 24.4 Å². The van der Waals surface area contributed by atoms with E-state index in [-0.39, 0.29) is 5.91 Å². The van der Waals surface area contributed by atoms with Crippen molar-refractivity contribution in [1.29, 1.82) is 0 Å². The Balaban J connectivity index is 2.05. The van der Waals surface area contributed by atoms with Gasteiger partial charge in [-0.15, -0.1) is 0 Å². The van der Waals surface area contributed by atoms with Crippen LogP contribution in [-0.4, -0.2) is 17.6 Å². The second-order valence-electron chi connectivity index (χ2n) is 5.92. The molecule has 4 heteroatoms. The zero-order valence-corrected chi connectivity index (χ0v) is 12.5. The van der Waals surface area contributed by atoms with Crippen LogP contribution in [0.4, 0.5) is 0 Å². The maximum atomic E-state index is 11.7. The molecule has 1 aliphatic rings. The highest BCUT2D eigenvalue weighted by molar-refractivity contribution is 6.07. The molecule has 0 saturated heterocycles. The van der Waals surface area contributed by atoms with Crippen LogP contribution in [0.3, 0.4) is 0 Å². The number of ether oxygens (including phenoxy) is 1. The maximum Gasteiger partial charge on any atom is 0.250 e. The van der Waals surface area contributed by atoms with E-state index in [9.17, 15) is 4.79 Å². The quantitative estimate of drug-likeness (QED) is 0.937. The summed E-state index contributed by atoms with van der Waals surface area (Å²) in [6.45, 7) is 0.935. The molecular formula is C17H22N2O2. The minimum Gasteiger partial charge on any atom is -0.495 e. The fraction of sp³-hybridized carbons (Fsp3) is 0.471. The number of rotatable bonds is 4. The Labute approximate surface area is 124 Å². The first kappa shape index (κ1) is 14.0. The van der Waals surface area contributed by atoms with Gasteiger partial charge in [-0.3, -0.25) is 4.79 Å². The lowest BCUT2D eigenvalue weighted by Crippen LogP contribution is -2.14. The lowest BCUT2D eigenvalue weighted by atomic mass is 9.89. The number of amides is 1. The van der Waals surface area contributed by atoms with E-state index in [2.05, 4.69) is 4.57 Å². The van der Waals surface area contributed by atoms with Crippen LogP contribution >= 0.6 is 0 Å². The van der Waals surface area contributed by atoms with Crippen molar-refractivity contribution in [2.24, 2.45) is 11.7 Å². The number of carbonyl (C=O) groups excluding carboxylic acids is 1. The smallest absolute Gasteiger partial charge is 0.250 e. The van der Waals surface area contributed by atoms with E-state index in [0.717, 1.165) is 23.2 Å². The molecule has 1 aliphatic carbocycles. The van der Waals surface area contributed by atoms with Crippen molar-refractivity contribution in [3.05, 3.63) is 30.0 Å². The summed E-state index contributed by atoms with van der Waals surface area (Å²) in [6, 6.07) is 5.78. The molecule has 1 heterocycles. The van der Waals surface area contributed by atoms with E-state index in [1.54, 1.807) is 7.11 Å². The summed E-state index contributed by atoms with van der Waals surface area (Å²) >= 11 is 0. The zero-order valence-electron chi connectivity index (χ0n) is 12.5. The summed E-state index contributed by atoms with van der Waals surface area (Å²) < 4.78 is 7.63. The summed E-state index contributed by atoms with van der Waals surface area (Å²) in [5, 5.41) is 0.887. The molecule has 1 saturated carbocycles. The average Bonchev–Trinajstić information content (AvgIpc) is 2.87. The first-order valence-corrected chi connectivity index (χ1v) is 7.66. The van der Waals surface area contributed by atoms with Crippen LogP contribution < -0.4 is 10.5 Å². The molecule has 3 rings (SSSR count). The van der Waals surface area contributed by atoms with Gasteiger partial charge in [0.2, 0.25) is 0 Å². The molecule has 0 aliphatic heterocycles. The lowest BCUT2D eigenvalue weighted by Gasteiger charge is -2.22. The first-order valence-electron chi connectivity index (χ1n) is 7.66. The molecule has 0 bridgehead atoms. The monoisotopic (exact) mass is 286 g/mol. The van der Waals surface area contributed by atoms with Crippen molar-refractivity contribution >= 4 is 16.8 Å². The van der Waals surface area contributed by atoms with Crippen LogP contribution in [0.5, 0.6) is 5.75 Å². The third-order valence-electron chi connectivity index (χ3n) is 4.53. The number of hydrogen-bond donors (Lipinski definition) is 1. The maximum absolute atomic E-state index is 11.7. The molecule has 1 aromatic heterocycles. The van der Waals surface area contributed by atoms with Gasteiger partial charge in [-0.1, -0.05) is 31.4 Å². The molecule has 2 N–H and O–H groups in total. The third-order valence-corrected chi connectivity index (χ3v) is 4.53. The van der Waals surface area contributed by atoms with E-state index in [0.29, 0.717) is 11.5 Å². The van der Waals surface area contributed by atoms with Gasteiger partial charge in [0.15, 0.2) is 0 Å². The average molecular weight is 286 g/mol. The van der Waals surface area contributed by atoms with E-state index in [1.807, 2.05) is 24.4 Å². The molecule has 2 aromatic rings. The molecule has 1 aromatic carbocycles. The molecular weight excluding hydrogens is 264 g/mol. The molecule has 4 nitrogen and oxygen atoms in total. The molecule has 21 heavy (non-hydrogen) atoms. The molecule has 1 amide bonds. The van der Waals surface area contributed by atoms with Crippen LogP contribution in [0.25, 0.3) is 10.9 Å². The number of carbonyl (C=O) groups is 1. The molecule has 1 fully saturated rings. The Morgan fingerprint density at radius 2 is 2.10 bits per heavy atom. The van der Waals surface area contributed by atoms with Crippen LogP contribution in [-0.2, 0) is 6.54 Å². The number of methoxy groups -OCH3 is 1. The number of hydrogen-bond acceptors (Lipinski definition) is 2. The number of nitrogens with zero attached hydrogens (tertiary/aromatic N) is 1. The van der Waals surface area contributed by atoms with E-state index < -0.39 is 0 Å². The van der Waals surface area contributed by atoms with Crippen LogP contribution in [0, 0.1) is 5.92 Å². The van der Waals surface area contributed by atoms with E-state index in [4.69, 9.17) is 10.5 Å². The normalized spacial score (nSPS) is 16.2. The second kappa shape index (κ2) is 5.80. The highest BCUT2D eigenvalue weighted by Gasteiger charge is 2.19. The highest BCUT2D eigenvalue weighted by atomic mass is 16.5. The van der Waals surface area contributed by atoms with Gasteiger partial charge in [-0.25, -0.2) is 0 Å². The minimum absolute atomic E-state index is 0.379. The Bertz CT molecular complexity index is 654. The molecule has 0 radical (unpaired) electrons. The van der Waals surface area contributed by atoms with Gasteiger partial charge in [0.25, 0.3) is 5.91 Å². The Morgan fingerprint density at radius 3 is 2.76 bits per heavy atom. The standard InChI is InChI=1S/C17H22N2O2/c1-21-15-9-5-8-13-14(17(18)20)11-19(16(13)15)10-12-6-3-2-4-7-12/h5,8-9,11-12H,2-4,6-7,10H2,1H3,(H2,18,20). The van der Waals surface area contributed by atoms with Gasteiger partial charge < -0.3 is 15.0 Å². The minimum atomic E-state index is -0.379. The number of para-hydroxylation sites is 1. The van der Waals surface area contributed by atoms with Crippen molar-refractivity contribution in [2.45, 2.75) is 38.6 Å². The van der Waals surface area contributed by atoms with Gasteiger partial charge in [-0.05, 0) is 24.8 Å². The van der Waals surface area contributed by atoms with E-state index in [1.165, 1.54) is 32.1 Å². The SMILES string of the molecule is COc1cccc2c(C(N)=O)cn(CC3CCCCC3)c12. The van der Waals surface area contributed by atoms with E-state index >= 15 is 0 Å². The van der Waals surface area contributed by atoms with Crippen molar-refractivity contribution in [3.8, 4) is 5.75 Å². The number of benzene rings is 1. The molecule has 0 unspecified atom stereocenters. The van der Waals surface area contributed by atoms with Crippen molar-refractivity contribution in [3.63, 3.8) is 0 Å². The topological polar surface area (TPSA) is 57.2 Å². The lowest BCUT2D eigenvalue weighted by molar-refractivity contribution is 0.100. The number of primary amides is 1. The number of nitrogens with two attached hydrogens (primary N) is 1. The largest absolute Gasteiger partial charge is 0.495 e. The van der Waals surface area contributed by atoms with Gasteiger partial charge in [-0.2, -0.15) is 0 Å². The summed E-state index contributed by atoms with van der Waals surface area (Å²) in [6.07, 6.45) is 8.39. The Kier molecular flexibility index (Phi) is 3.86. The van der Waals surface area contributed by atoms with Gasteiger partial charge in [0.1, 0.15) is 5.75 Å². The Morgan fingerprint density at radius 1 is 1.33 bits per heavy atom. The highest BCUT2D eigenvalue weighted by Crippen LogP contribution is 2.32. The third kappa shape index (κ3) is 2.62. The molecule has 112 valence electrons. The fourth-order valence-electron chi connectivity index (χ4n) is 3.48. The summed E-state index contributed by atoms with van der Waals surface area (Å²) in [7, 11) is 1.66. The summed E-state index contributed by atoms with van der Waals surface area (Å²) in [5.41, 5.74) is 7.09. The van der Waals surface area contributed by atoms with Crippen molar-refractivity contribution in [1.82, 2.24) is 4.57 Å². The fourth-order valence-corrected chi connectivity index (χ4v) is 3.48. The Hall–Kier alpha value is -1.97. The molecule has 0 spiro atoms. The van der Waals surface area contributed by atoms with Gasteiger partial charge in [0, 0.05) is 18.1 Å². The van der Waals surface area contributed by atoms with Crippen molar-refractivity contribution < 1.29 is 9.53 Å². The summed E-state index contributed by atoms with van der Waals surface area (Å²) in [5.74, 6) is 1.10. The number of aromatic nitrogens is 1. The van der Waals surface area contributed by atoms with Crippen molar-refractivity contribution in [2.75, 3.05) is 7.11 Å². The summed E-state index contributed by atoms with van der Waals surface area (Å²) in [4.78, 5) is 11.7. The number of fused-ring (bicyclic) bond motifs is 1. The van der Waals surface area contributed by atoms with Crippen LogP contribution in [0.1, 0.15) is 42.5 Å². The van der Waals surface area contributed by atoms with Gasteiger partial charge in [0.05, 0.1) is 18.2 Å². The predicted molar refractivity (Wildman–Crippen MR) is 83.6 cm³/mol.